The lowest BCUT2D eigenvalue weighted by atomic mass is 10.1. The van der Waals surface area contributed by atoms with Gasteiger partial charge >= 0.3 is 0 Å². The van der Waals surface area contributed by atoms with Gasteiger partial charge in [0.1, 0.15) is 16.8 Å². The second kappa shape index (κ2) is 8.17. The third kappa shape index (κ3) is 4.00. The molecule has 0 aliphatic carbocycles. The number of anilines is 2. The number of hydrogen-bond acceptors (Lipinski definition) is 5. The lowest BCUT2D eigenvalue weighted by Gasteiger charge is -2.28. The van der Waals surface area contributed by atoms with Crippen molar-refractivity contribution in [3.05, 3.63) is 83.9 Å². The molecule has 0 bridgehead atoms. The highest BCUT2D eigenvalue weighted by Crippen LogP contribution is 2.31. The minimum absolute atomic E-state index is 0.213. The SMILES string of the molecule is CCOc1ccccc1NC(=O)c1ccc([C@H]2Nc3ccccc3S(=O)(=O)N2)cc1. The first-order valence-corrected chi connectivity index (χ1v) is 11.0. The van der Waals surface area contributed by atoms with Crippen molar-refractivity contribution >= 4 is 27.3 Å². The summed E-state index contributed by atoms with van der Waals surface area (Å²) in [5.74, 6) is 0.320. The van der Waals surface area contributed by atoms with Crippen molar-refractivity contribution < 1.29 is 17.9 Å². The van der Waals surface area contributed by atoms with Crippen LogP contribution in [0.1, 0.15) is 29.0 Å². The van der Waals surface area contributed by atoms with Gasteiger partial charge < -0.3 is 15.4 Å². The van der Waals surface area contributed by atoms with Gasteiger partial charge in [0.2, 0.25) is 10.0 Å². The highest BCUT2D eigenvalue weighted by molar-refractivity contribution is 7.89. The Labute approximate surface area is 175 Å². The third-order valence-corrected chi connectivity index (χ3v) is 6.17. The van der Waals surface area contributed by atoms with Gasteiger partial charge in [-0.1, -0.05) is 36.4 Å². The highest BCUT2D eigenvalue weighted by Gasteiger charge is 2.29. The number of fused-ring (bicyclic) bond motifs is 1. The highest BCUT2D eigenvalue weighted by atomic mass is 32.2. The molecule has 0 aromatic heterocycles. The van der Waals surface area contributed by atoms with Crippen molar-refractivity contribution in [2.75, 3.05) is 17.2 Å². The number of nitrogens with one attached hydrogen (secondary N) is 3. The number of benzene rings is 3. The fraction of sp³-hybridized carbons (Fsp3) is 0.136. The molecule has 1 aliphatic heterocycles. The van der Waals surface area contributed by atoms with E-state index >= 15 is 0 Å². The fourth-order valence-electron chi connectivity index (χ4n) is 3.25. The quantitative estimate of drug-likeness (QED) is 0.581. The van der Waals surface area contributed by atoms with Crippen LogP contribution in [0.3, 0.4) is 0 Å². The van der Waals surface area contributed by atoms with Crippen LogP contribution in [0.25, 0.3) is 0 Å². The monoisotopic (exact) mass is 423 g/mol. The first-order valence-electron chi connectivity index (χ1n) is 9.49. The van der Waals surface area contributed by atoms with Gasteiger partial charge in [0.05, 0.1) is 18.0 Å². The van der Waals surface area contributed by atoms with Crippen LogP contribution in [0.5, 0.6) is 5.75 Å². The Morgan fingerprint density at radius 3 is 2.47 bits per heavy atom. The number of sulfonamides is 1. The Kier molecular flexibility index (Phi) is 5.43. The van der Waals surface area contributed by atoms with Crippen molar-refractivity contribution in [3.63, 3.8) is 0 Å². The molecule has 0 unspecified atom stereocenters. The van der Waals surface area contributed by atoms with E-state index in [2.05, 4.69) is 15.4 Å². The van der Waals surface area contributed by atoms with E-state index in [4.69, 9.17) is 4.74 Å². The van der Waals surface area contributed by atoms with Crippen LogP contribution < -0.4 is 20.1 Å². The molecular formula is C22H21N3O4S. The van der Waals surface area contributed by atoms with E-state index in [0.717, 1.165) is 0 Å². The normalized spacial score (nSPS) is 16.8. The van der Waals surface area contributed by atoms with Crippen LogP contribution in [-0.2, 0) is 10.0 Å². The van der Waals surface area contributed by atoms with Gasteiger partial charge in [-0.3, -0.25) is 4.79 Å². The van der Waals surface area contributed by atoms with Crippen LogP contribution in [-0.4, -0.2) is 20.9 Å². The van der Waals surface area contributed by atoms with E-state index in [1.165, 1.54) is 0 Å². The van der Waals surface area contributed by atoms with E-state index in [9.17, 15) is 13.2 Å². The zero-order valence-electron chi connectivity index (χ0n) is 16.3. The van der Waals surface area contributed by atoms with Gasteiger partial charge in [-0.05, 0) is 48.9 Å². The molecule has 1 heterocycles. The topological polar surface area (TPSA) is 96.5 Å². The largest absolute Gasteiger partial charge is 0.492 e. The average Bonchev–Trinajstić information content (AvgIpc) is 2.75. The maximum atomic E-state index is 12.6. The lowest BCUT2D eigenvalue weighted by molar-refractivity contribution is 0.102. The Hall–Kier alpha value is -3.36. The van der Waals surface area contributed by atoms with Crippen LogP contribution in [0.4, 0.5) is 11.4 Å². The van der Waals surface area contributed by atoms with Gasteiger partial charge in [-0.2, -0.15) is 4.72 Å². The van der Waals surface area contributed by atoms with E-state index < -0.39 is 16.2 Å². The van der Waals surface area contributed by atoms with Crippen molar-refractivity contribution in [2.24, 2.45) is 0 Å². The van der Waals surface area contributed by atoms with E-state index in [0.29, 0.717) is 34.9 Å². The fourth-order valence-corrected chi connectivity index (χ4v) is 4.55. The molecule has 7 nitrogen and oxygen atoms in total. The number of ether oxygens (including phenoxy) is 1. The molecule has 3 aromatic carbocycles. The minimum atomic E-state index is -3.62. The first-order chi connectivity index (χ1) is 14.5. The smallest absolute Gasteiger partial charge is 0.255 e. The average molecular weight is 423 g/mol. The Bertz CT molecular complexity index is 1180. The molecule has 4 rings (SSSR count). The predicted octanol–water partition coefficient (Wildman–Crippen LogP) is 3.74. The van der Waals surface area contributed by atoms with Gasteiger partial charge in [0.25, 0.3) is 5.91 Å². The number of hydrogen-bond donors (Lipinski definition) is 3. The van der Waals surface area contributed by atoms with E-state index in [1.807, 2.05) is 19.1 Å². The molecule has 154 valence electrons. The second-order valence-electron chi connectivity index (χ2n) is 6.70. The first kappa shape index (κ1) is 19.9. The van der Waals surface area contributed by atoms with Crippen molar-refractivity contribution in [3.8, 4) is 5.75 Å². The molecule has 1 atom stereocenters. The van der Waals surface area contributed by atoms with Crippen LogP contribution in [0, 0.1) is 0 Å². The van der Waals surface area contributed by atoms with Crippen molar-refractivity contribution in [1.82, 2.24) is 4.72 Å². The molecular weight excluding hydrogens is 402 g/mol. The molecule has 30 heavy (non-hydrogen) atoms. The van der Waals surface area contributed by atoms with Gasteiger partial charge in [-0.15, -0.1) is 0 Å². The Morgan fingerprint density at radius 1 is 1.00 bits per heavy atom. The van der Waals surface area contributed by atoms with Crippen LogP contribution in [0.15, 0.2) is 77.7 Å². The van der Waals surface area contributed by atoms with Crippen LogP contribution >= 0.6 is 0 Å². The van der Waals surface area contributed by atoms with E-state index in [-0.39, 0.29) is 10.8 Å². The molecule has 0 radical (unpaired) electrons. The zero-order valence-corrected chi connectivity index (χ0v) is 17.1. The lowest BCUT2D eigenvalue weighted by Crippen LogP contribution is -2.38. The summed E-state index contributed by atoms with van der Waals surface area (Å²) < 4.78 is 33.1. The summed E-state index contributed by atoms with van der Waals surface area (Å²) in [6, 6.07) is 20.7. The minimum Gasteiger partial charge on any atom is -0.492 e. The number of amides is 1. The second-order valence-corrected chi connectivity index (χ2v) is 8.38. The summed E-state index contributed by atoms with van der Waals surface area (Å²) in [4.78, 5) is 12.8. The predicted molar refractivity (Wildman–Crippen MR) is 115 cm³/mol. The number of carbonyl (C=O) groups is 1. The molecule has 0 spiro atoms. The summed E-state index contributed by atoms with van der Waals surface area (Å²) in [5.41, 5.74) is 2.27. The van der Waals surface area contributed by atoms with E-state index in [1.54, 1.807) is 60.7 Å². The number of carbonyl (C=O) groups excluding carboxylic acids is 1. The molecule has 0 saturated heterocycles. The molecule has 0 saturated carbocycles. The standard InChI is InChI=1S/C22H21N3O4S/c1-2-29-19-9-5-3-7-17(19)24-22(26)16-13-11-15(12-14-16)21-23-18-8-4-6-10-20(18)30(27,28)25-21/h3-14,21,23,25H,2H2,1H3,(H,24,26)/t21-/m0/s1. The maximum Gasteiger partial charge on any atom is 0.255 e. The number of para-hydroxylation sites is 3. The molecule has 1 amide bonds. The Morgan fingerprint density at radius 2 is 1.70 bits per heavy atom. The third-order valence-electron chi connectivity index (χ3n) is 4.69. The van der Waals surface area contributed by atoms with Gasteiger partial charge in [0, 0.05) is 5.56 Å². The van der Waals surface area contributed by atoms with Gasteiger partial charge in [-0.25, -0.2) is 8.42 Å². The van der Waals surface area contributed by atoms with Crippen LogP contribution in [0.2, 0.25) is 0 Å². The van der Waals surface area contributed by atoms with Crippen molar-refractivity contribution in [2.45, 2.75) is 18.0 Å². The number of rotatable bonds is 5. The summed E-state index contributed by atoms with van der Waals surface area (Å²) in [7, 11) is -3.62. The molecule has 3 N–H and O–H groups in total. The summed E-state index contributed by atoms with van der Waals surface area (Å²) in [6.45, 7) is 2.37. The molecule has 8 heteroatoms. The summed E-state index contributed by atoms with van der Waals surface area (Å²) in [6.07, 6.45) is -0.624. The maximum absolute atomic E-state index is 12.6. The molecule has 1 aliphatic rings. The molecule has 0 fully saturated rings. The summed E-state index contributed by atoms with van der Waals surface area (Å²) >= 11 is 0. The molecule has 3 aromatic rings. The van der Waals surface area contributed by atoms with Gasteiger partial charge in [0.15, 0.2) is 0 Å². The Balaban J connectivity index is 1.52. The summed E-state index contributed by atoms with van der Waals surface area (Å²) in [5, 5.41) is 6.02. The zero-order chi connectivity index (χ0) is 21.1. The van der Waals surface area contributed by atoms with Crippen molar-refractivity contribution in [1.29, 1.82) is 0 Å².